The van der Waals surface area contributed by atoms with Crippen LogP contribution >= 0.6 is 0 Å². The minimum Gasteiger partial charge on any atom is -0.394 e. The van der Waals surface area contributed by atoms with Gasteiger partial charge in [-0.1, -0.05) is 13.8 Å². The third-order valence-electron chi connectivity index (χ3n) is 3.16. The van der Waals surface area contributed by atoms with Gasteiger partial charge in [-0.2, -0.15) is 0 Å². The SMILES string of the molecule is CCNC(C)(CO)CN(CC)C(C)CN(C)C. The third-order valence-corrected chi connectivity index (χ3v) is 3.16. The molecular formula is C13H31N3O. The Balaban J connectivity index is 4.45. The van der Waals surface area contributed by atoms with E-state index in [4.69, 9.17) is 0 Å². The van der Waals surface area contributed by atoms with E-state index in [1.165, 1.54) is 0 Å². The highest BCUT2D eigenvalue weighted by molar-refractivity contribution is 4.87. The summed E-state index contributed by atoms with van der Waals surface area (Å²) < 4.78 is 0. The van der Waals surface area contributed by atoms with Crippen LogP contribution in [0.15, 0.2) is 0 Å². The molecule has 0 saturated heterocycles. The Hall–Kier alpha value is -0.160. The molecule has 0 saturated carbocycles. The first kappa shape index (κ1) is 16.8. The zero-order chi connectivity index (χ0) is 13.5. The fourth-order valence-electron chi connectivity index (χ4n) is 2.26. The summed E-state index contributed by atoms with van der Waals surface area (Å²) >= 11 is 0. The largest absolute Gasteiger partial charge is 0.394 e. The molecular weight excluding hydrogens is 214 g/mol. The number of aliphatic hydroxyl groups excluding tert-OH is 1. The molecule has 0 aromatic heterocycles. The van der Waals surface area contributed by atoms with Gasteiger partial charge in [0.25, 0.3) is 0 Å². The summed E-state index contributed by atoms with van der Waals surface area (Å²) in [6.45, 7) is 12.6. The second-order valence-corrected chi connectivity index (χ2v) is 5.42. The Morgan fingerprint density at radius 3 is 2.24 bits per heavy atom. The third kappa shape index (κ3) is 6.36. The van der Waals surface area contributed by atoms with Crippen molar-refractivity contribution >= 4 is 0 Å². The number of nitrogens with one attached hydrogen (secondary N) is 1. The highest BCUT2D eigenvalue weighted by Gasteiger charge is 2.26. The summed E-state index contributed by atoms with van der Waals surface area (Å²) in [4.78, 5) is 4.62. The van der Waals surface area contributed by atoms with Gasteiger partial charge in [0.2, 0.25) is 0 Å². The standard InChI is InChI=1S/C13H31N3O/c1-7-14-13(4,11-17)10-16(8-2)12(3)9-15(5)6/h12,14,17H,7-11H2,1-6H3. The molecule has 104 valence electrons. The van der Waals surface area contributed by atoms with E-state index in [2.05, 4.69) is 56.9 Å². The van der Waals surface area contributed by atoms with Gasteiger partial charge in [0.1, 0.15) is 0 Å². The van der Waals surface area contributed by atoms with Crippen molar-refractivity contribution in [1.29, 1.82) is 0 Å². The monoisotopic (exact) mass is 245 g/mol. The molecule has 0 aliphatic heterocycles. The van der Waals surface area contributed by atoms with Crippen LogP contribution in [0, 0.1) is 0 Å². The van der Waals surface area contributed by atoms with Crippen molar-refractivity contribution < 1.29 is 5.11 Å². The zero-order valence-corrected chi connectivity index (χ0v) is 12.5. The van der Waals surface area contributed by atoms with Gasteiger partial charge in [0.15, 0.2) is 0 Å². The number of aliphatic hydroxyl groups is 1. The van der Waals surface area contributed by atoms with Gasteiger partial charge < -0.3 is 15.3 Å². The highest BCUT2D eigenvalue weighted by Crippen LogP contribution is 2.09. The lowest BCUT2D eigenvalue weighted by molar-refractivity contribution is 0.0942. The minimum absolute atomic E-state index is 0.173. The number of rotatable bonds is 9. The van der Waals surface area contributed by atoms with Crippen molar-refractivity contribution in [3.63, 3.8) is 0 Å². The van der Waals surface area contributed by atoms with Crippen molar-refractivity contribution in [3.05, 3.63) is 0 Å². The molecule has 0 fully saturated rings. The Morgan fingerprint density at radius 1 is 1.29 bits per heavy atom. The predicted molar refractivity (Wildman–Crippen MR) is 74.4 cm³/mol. The summed E-state index contributed by atoms with van der Waals surface area (Å²) in [5, 5.41) is 12.9. The second kappa shape index (κ2) is 8.03. The molecule has 0 aromatic rings. The molecule has 17 heavy (non-hydrogen) atoms. The molecule has 0 heterocycles. The van der Waals surface area contributed by atoms with Crippen LogP contribution in [-0.4, -0.2) is 73.4 Å². The number of nitrogens with zero attached hydrogens (tertiary/aromatic N) is 2. The maximum atomic E-state index is 9.52. The van der Waals surface area contributed by atoms with Crippen molar-refractivity contribution in [2.45, 2.75) is 39.3 Å². The molecule has 0 aliphatic carbocycles. The van der Waals surface area contributed by atoms with Gasteiger partial charge >= 0.3 is 0 Å². The molecule has 0 spiro atoms. The quantitative estimate of drug-likeness (QED) is 0.625. The Morgan fingerprint density at radius 2 is 1.88 bits per heavy atom. The van der Waals surface area contributed by atoms with Gasteiger partial charge in [-0.3, -0.25) is 4.90 Å². The molecule has 0 radical (unpaired) electrons. The summed E-state index contributed by atoms with van der Waals surface area (Å²) in [5.41, 5.74) is -0.203. The molecule has 2 atom stereocenters. The van der Waals surface area contributed by atoms with Crippen LogP contribution in [0.5, 0.6) is 0 Å². The van der Waals surface area contributed by atoms with Crippen LogP contribution in [0.4, 0.5) is 0 Å². The smallest absolute Gasteiger partial charge is 0.0623 e. The summed E-state index contributed by atoms with van der Waals surface area (Å²) in [6.07, 6.45) is 0. The maximum Gasteiger partial charge on any atom is 0.0623 e. The zero-order valence-electron chi connectivity index (χ0n) is 12.5. The first-order chi connectivity index (χ1) is 7.88. The normalized spacial score (nSPS) is 17.5. The van der Waals surface area contributed by atoms with Crippen molar-refractivity contribution in [3.8, 4) is 0 Å². The topological polar surface area (TPSA) is 38.7 Å². The molecule has 4 nitrogen and oxygen atoms in total. The summed E-state index contributed by atoms with van der Waals surface area (Å²) in [5.74, 6) is 0. The Labute approximate surface area is 107 Å². The number of hydrogen-bond acceptors (Lipinski definition) is 4. The molecule has 0 aliphatic rings. The van der Waals surface area contributed by atoms with E-state index in [0.717, 1.165) is 26.2 Å². The predicted octanol–water partition coefficient (Wildman–Crippen LogP) is 0.619. The lowest BCUT2D eigenvalue weighted by Crippen LogP contribution is -2.56. The first-order valence-electron chi connectivity index (χ1n) is 6.63. The number of likely N-dealkylation sites (N-methyl/N-ethyl adjacent to an activating group) is 3. The molecule has 0 bridgehead atoms. The first-order valence-corrected chi connectivity index (χ1v) is 6.63. The van der Waals surface area contributed by atoms with E-state index in [-0.39, 0.29) is 12.1 Å². The second-order valence-electron chi connectivity index (χ2n) is 5.42. The summed E-state index contributed by atoms with van der Waals surface area (Å²) in [7, 11) is 4.19. The van der Waals surface area contributed by atoms with Crippen molar-refractivity contribution in [2.24, 2.45) is 0 Å². The fourth-order valence-corrected chi connectivity index (χ4v) is 2.26. The van der Waals surface area contributed by atoms with Gasteiger partial charge in [0, 0.05) is 19.1 Å². The molecule has 0 amide bonds. The average Bonchev–Trinajstić information content (AvgIpc) is 2.25. The molecule has 0 rings (SSSR count). The van der Waals surface area contributed by atoms with Crippen molar-refractivity contribution in [2.75, 3.05) is 46.9 Å². The molecule has 0 aromatic carbocycles. The van der Waals surface area contributed by atoms with Crippen molar-refractivity contribution in [1.82, 2.24) is 15.1 Å². The van der Waals surface area contributed by atoms with Crippen LogP contribution in [0.25, 0.3) is 0 Å². The van der Waals surface area contributed by atoms with E-state index >= 15 is 0 Å². The molecule has 4 heteroatoms. The Bertz CT molecular complexity index is 199. The van der Waals surface area contributed by atoms with Gasteiger partial charge in [-0.25, -0.2) is 0 Å². The van der Waals surface area contributed by atoms with E-state index in [1.54, 1.807) is 0 Å². The van der Waals surface area contributed by atoms with Crippen LogP contribution in [0.2, 0.25) is 0 Å². The van der Waals surface area contributed by atoms with Gasteiger partial charge in [0.05, 0.1) is 12.1 Å². The molecule has 2 unspecified atom stereocenters. The average molecular weight is 245 g/mol. The van der Waals surface area contributed by atoms with E-state index in [9.17, 15) is 5.11 Å². The van der Waals surface area contributed by atoms with Gasteiger partial charge in [-0.15, -0.1) is 0 Å². The van der Waals surface area contributed by atoms with E-state index < -0.39 is 0 Å². The minimum atomic E-state index is -0.203. The van der Waals surface area contributed by atoms with Crippen LogP contribution in [0.3, 0.4) is 0 Å². The Kier molecular flexibility index (Phi) is 7.96. The highest BCUT2D eigenvalue weighted by atomic mass is 16.3. The fraction of sp³-hybridized carbons (Fsp3) is 1.00. The lowest BCUT2D eigenvalue weighted by atomic mass is 10.0. The van der Waals surface area contributed by atoms with E-state index in [1.807, 2.05) is 0 Å². The number of hydrogen-bond donors (Lipinski definition) is 2. The van der Waals surface area contributed by atoms with Crippen LogP contribution in [-0.2, 0) is 0 Å². The molecule has 2 N–H and O–H groups in total. The van der Waals surface area contributed by atoms with Gasteiger partial charge in [-0.05, 0) is 41.0 Å². The van der Waals surface area contributed by atoms with E-state index in [0.29, 0.717) is 6.04 Å². The van der Waals surface area contributed by atoms with Crippen LogP contribution < -0.4 is 5.32 Å². The van der Waals surface area contributed by atoms with Crippen LogP contribution in [0.1, 0.15) is 27.7 Å². The maximum absolute atomic E-state index is 9.52. The lowest BCUT2D eigenvalue weighted by Gasteiger charge is -2.38. The summed E-state index contributed by atoms with van der Waals surface area (Å²) in [6, 6.07) is 0.500.